The molecule has 0 atom stereocenters. The van der Waals surface area contributed by atoms with Gasteiger partial charge in [-0.1, -0.05) is 59.5 Å². The average molecular weight is 442 g/mol. The molecule has 1 aromatic rings. The maximum absolute atomic E-state index is 12.1. The van der Waals surface area contributed by atoms with Gasteiger partial charge in [0, 0.05) is 41.9 Å². The number of ketones is 1. The number of carbonyl (C=O) groups is 1. The predicted molar refractivity (Wildman–Crippen MR) is 89.3 cm³/mol. The van der Waals surface area contributed by atoms with E-state index in [1.807, 2.05) is 6.08 Å². The summed E-state index contributed by atoms with van der Waals surface area (Å²) in [6.07, 6.45) is 13.3. The third kappa shape index (κ3) is 7.32. The van der Waals surface area contributed by atoms with Crippen LogP contribution >= 0.6 is 0 Å². The molecule has 1 aliphatic carbocycles. The maximum atomic E-state index is 12.1. The molecule has 1 saturated carbocycles. The van der Waals surface area contributed by atoms with Crippen molar-refractivity contribution in [2.75, 3.05) is 0 Å². The summed E-state index contributed by atoms with van der Waals surface area (Å²) in [5, 5.41) is 0. The van der Waals surface area contributed by atoms with Crippen molar-refractivity contribution in [3.8, 4) is 0 Å². The van der Waals surface area contributed by atoms with Crippen LogP contribution in [0.25, 0.3) is 0 Å². The molecule has 1 heterocycles. The normalized spacial score (nSPS) is 14.8. The molecule has 3 nitrogen and oxygen atoms in total. The van der Waals surface area contributed by atoms with Crippen molar-refractivity contribution in [3.05, 3.63) is 45.5 Å². The fraction of sp³-hybridized carbons (Fsp3) is 0.579. The van der Waals surface area contributed by atoms with Crippen LogP contribution in [0.2, 0.25) is 0 Å². The largest absolute Gasteiger partial charge is 0.552 e. The van der Waals surface area contributed by atoms with Gasteiger partial charge in [0.25, 0.3) is 0 Å². The van der Waals surface area contributed by atoms with Crippen LogP contribution in [0.15, 0.2) is 21.4 Å². The Morgan fingerprint density at radius 1 is 1.22 bits per heavy atom. The van der Waals surface area contributed by atoms with E-state index < -0.39 is 5.63 Å². The molecule has 0 aliphatic heterocycles. The van der Waals surface area contributed by atoms with Gasteiger partial charge in [0.15, 0.2) is 5.78 Å². The van der Waals surface area contributed by atoms with E-state index in [1.54, 1.807) is 13.8 Å². The molecule has 2 rings (SSSR count). The van der Waals surface area contributed by atoms with Crippen molar-refractivity contribution < 1.29 is 44.8 Å². The van der Waals surface area contributed by atoms with E-state index in [9.17, 15) is 9.59 Å². The molecule has 0 amide bonds. The Hall–Kier alpha value is -0.445. The molecule has 4 heteroatoms. The van der Waals surface area contributed by atoms with Crippen LogP contribution < -0.4 is 5.63 Å². The second-order valence-electron chi connectivity index (χ2n) is 5.95. The molecule has 1 radical (unpaired) electrons. The van der Waals surface area contributed by atoms with Gasteiger partial charge in [0.1, 0.15) is 0 Å². The molecule has 1 aromatic heterocycles. The Morgan fingerprint density at radius 2 is 1.78 bits per heavy atom. The number of carbonyl (C=O) groups excluding carboxylic acids is 1. The second-order valence-corrected chi connectivity index (χ2v) is 5.95. The van der Waals surface area contributed by atoms with Gasteiger partial charge in [0.05, 0.1) is 0 Å². The van der Waals surface area contributed by atoms with Crippen molar-refractivity contribution in [2.45, 2.75) is 66.2 Å². The van der Waals surface area contributed by atoms with E-state index in [2.05, 4.69) is 20.1 Å². The van der Waals surface area contributed by atoms with Gasteiger partial charge in [-0.2, -0.15) is 0 Å². The van der Waals surface area contributed by atoms with Crippen LogP contribution in [0, 0.1) is 61.6 Å². The van der Waals surface area contributed by atoms with Crippen molar-refractivity contribution in [1.29, 1.82) is 0 Å². The minimum absolute atomic E-state index is 0. The third-order valence-electron chi connectivity index (χ3n) is 3.85. The van der Waals surface area contributed by atoms with E-state index in [0.29, 0.717) is 17.0 Å². The molecule has 0 saturated heterocycles. The van der Waals surface area contributed by atoms with Crippen LogP contribution in [0.3, 0.4) is 0 Å². The summed E-state index contributed by atoms with van der Waals surface area (Å²) >= 11 is 0. The molecule has 0 unspecified atom stereocenters. The summed E-state index contributed by atoms with van der Waals surface area (Å²) in [7, 11) is 0. The number of aryl methyl sites for hydroxylation is 1. The standard InChI is InChI=1S/C16H19O3.C3H8.La/c1-11-10-19-16(18)15(12(11)2)14(17)9-8-13-6-4-3-5-7-13;1-3-2;/h8-9,13H,3-7H2,1-2H3;3H2,1-2H3;/q-1;;/b9-8+;;. The van der Waals surface area contributed by atoms with E-state index >= 15 is 0 Å². The molecule has 0 spiro atoms. The van der Waals surface area contributed by atoms with Crippen LogP contribution in [0.1, 0.15) is 73.9 Å². The number of allylic oxidation sites excluding steroid dienone is 2. The molecule has 0 aromatic carbocycles. The number of rotatable bonds is 3. The monoisotopic (exact) mass is 442 g/mol. The van der Waals surface area contributed by atoms with Gasteiger partial charge >= 0.3 is 0 Å². The van der Waals surface area contributed by atoms with E-state index in [1.165, 1.54) is 31.8 Å². The maximum Gasteiger partial charge on any atom is 0.228 e. The first-order chi connectivity index (χ1) is 10.5. The number of hydrogen-bond donors (Lipinski definition) is 0. The zero-order valence-electron chi connectivity index (χ0n) is 14.8. The molecular formula is C19H27LaO3-. The van der Waals surface area contributed by atoms with Crippen molar-refractivity contribution in [3.63, 3.8) is 0 Å². The molecule has 0 bridgehead atoms. The summed E-state index contributed by atoms with van der Waals surface area (Å²) in [6.45, 7) is 7.78. The summed E-state index contributed by atoms with van der Waals surface area (Å²) in [5.74, 6) is 0.218. The van der Waals surface area contributed by atoms with Gasteiger partial charge in [-0.25, -0.2) is 0 Å². The summed E-state index contributed by atoms with van der Waals surface area (Å²) < 4.78 is 4.75. The van der Waals surface area contributed by atoms with E-state index in [4.69, 9.17) is 4.42 Å². The Bertz CT molecular complexity index is 566. The molecule has 1 aliphatic rings. The Kier molecular flexibility index (Phi) is 11.8. The average Bonchev–Trinajstić information content (AvgIpc) is 2.51. The summed E-state index contributed by atoms with van der Waals surface area (Å²) in [5.41, 5.74) is 0.910. The first kappa shape index (κ1) is 22.6. The van der Waals surface area contributed by atoms with Gasteiger partial charge in [-0.3, -0.25) is 4.79 Å². The van der Waals surface area contributed by atoms with Gasteiger partial charge < -0.3 is 9.21 Å². The summed E-state index contributed by atoms with van der Waals surface area (Å²) in [6, 6.07) is 0. The van der Waals surface area contributed by atoms with Crippen LogP contribution in [0.4, 0.5) is 0 Å². The van der Waals surface area contributed by atoms with E-state index in [0.717, 1.165) is 12.8 Å². The fourth-order valence-electron chi connectivity index (χ4n) is 2.51. The quantitative estimate of drug-likeness (QED) is 0.384. The Balaban J connectivity index is 0.00000112. The molecule has 1 fully saturated rings. The van der Waals surface area contributed by atoms with Crippen molar-refractivity contribution >= 4 is 5.78 Å². The first-order valence-electron chi connectivity index (χ1n) is 8.25. The Labute approximate surface area is 167 Å². The smallest absolute Gasteiger partial charge is 0.228 e. The fourth-order valence-corrected chi connectivity index (χ4v) is 2.51. The third-order valence-corrected chi connectivity index (χ3v) is 3.85. The number of hydrogen-bond acceptors (Lipinski definition) is 3. The molecule has 0 N–H and O–H groups in total. The second kappa shape index (κ2) is 12.0. The minimum Gasteiger partial charge on any atom is -0.552 e. The molecule has 125 valence electrons. The van der Waals surface area contributed by atoms with Gasteiger partial charge in [-0.05, 0) is 30.4 Å². The van der Waals surface area contributed by atoms with Crippen molar-refractivity contribution in [2.24, 2.45) is 5.92 Å². The molecule has 23 heavy (non-hydrogen) atoms. The first-order valence-corrected chi connectivity index (χ1v) is 8.25. The van der Waals surface area contributed by atoms with Crippen LogP contribution in [-0.2, 0) is 0 Å². The van der Waals surface area contributed by atoms with Crippen molar-refractivity contribution in [1.82, 2.24) is 0 Å². The van der Waals surface area contributed by atoms with Crippen LogP contribution in [0.5, 0.6) is 0 Å². The minimum atomic E-state index is -0.596. The molecular weight excluding hydrogens is 415 g/mol. The van der Waals surface area contributed by atoms with E-state index in [-0.39, 0.29) is 46.9 Å². The van der Waals surface area contributed by atoms with Gasteiger partial charge in [-0.15, -0.1) is 11.1 Å². The Morgan fingerprint density at radius 3 is 2.35 bits per heavy atom. The van der Waals surface area contributed by atoms with Crippen LogP contribution in [-0.4, -0.2) is 5.78 Å². The summed E-state index contributed by atoms with van der Waals surface area (Å²) in [4.78, 5) is 23.8. The zero-order valence-corrected chi connectivity index (χ0v) is 18.4. The zero-order chi connectivity index (χ0) is 16.5. The van der Waals surface area contributed by atoms with Gasteiger partial charge in [0.2, 0.25) is 5.63 Å². The topological polar surface area (TPSA) is 47.3 Å². The SMILES string of the molecule is CCC.Cc1[c-]oc(=O)c(C(=O)/C=C/C2CCCCC2)c1C.[La]. The predicted octanol–water partition coefficient (Wildman–Crippen LogP) is 4.79.